The topological polar surface area (TPSA) is 54.0 Å². The van der Waals surface area contributed by atoms with Gasteiger partial charge in [0.05, 0.1) is 11.9 Å². The molecule has 126 valence electrons. The molecule has 1 aromatic heterocycles. The fourth-order valence-corrected chi connectivity index (χ4v) is 2.42. The number of benzene rings is 2. The molecule has 0 bridgehead atoms. The van der Waals surface area contributed by atoms with E-state index in [1.54, 1.807) is 24.4 Å². The summed E-state index contributed by atoms with van der Waals surface area (Å²) in [7, 11) is 0. The van der Waals surface area contributed by atoms with Crippen LogP contribution in [0.15, 0.2) is 66.9 Å². The number of nitrogens with one attached hydrogen (secondary N) is 2. The van der Waals surface area contributed by atoms with E-state index >= 15 is 0 Å². The first-order valence-electron chi connectivity index (χ1n) is 7.92. The zero-order valence-corrected chi connectivity index (χ0v) is 13.8. The van der Waals surface area contributed by atoms with Gasteiger partial charge in [0.1, 0.15) is 11.5 Å². The van der Waals surface area contributed by atoms with Gasteiger partial charge in [-0.05, 0) is 42.8 Å². The summed E-state index contributed by atoms with van der Waals surface area (Å²) in [6.45, 7) is 2.73. The van der Waals surface area contributed by atoms with Crippen molar-refractivity contribution < 1.29 is 9.18 Å². The second kappa shape index (κ2) is 7.57. The van der Waals surface area contributed by atoms with Crippen LogP contribution in [0.3, 0.4) is 0 Å². The molecule has 0 fully saturated rings. The van der Waals surface area contributed by atoms with Gasteiger partial charge in [-0.15, -0.1) is 0 Å². The number of amides is 1. The third-order valence-electron chi connectivity index (χ3n) is 3.66. The normalized spacial score (nSPS) is 10.3. The van der Waals surface area contributed by atoms with Gasteiger partial charge in [0.25, 0.3) is 5.91 Å². The van der Waals surface area contributed by atoms with Crippen molar-refractivity contribution in [3.8, 4) is 0 Å². The number of aromatic nitrogens is 1. The number of halogens is 1. The third-order valence-corrected chi connectivity index (χ3v) is 3.66. The molecule has 0 aliphatic heterocycles. The molecule has 0 aliphatic rings. The van der Waals surface area contributed by atoms with Gasteiger partial charge >= 0.3 is 0 Å². The SMILES string of the molecule is Cc1cccc(CNc2ccc(C(=O)Nc3cccc(F)c3)nc2)c1. The molecule has 1 amide bonds. The Labute approximate surface area is 145 Å². The molecule has 5 heteroatoms. The van der Waals surface area contributed by atoms with Gasteiger partial charge in [0, 0.05) is 12.2 Å². The molecule has 25 heavy (non-hydrogen) atoms. The molecule has 2 aromatic carbocycles. The lowest BCUT2D eigenvalue weighted by molar-refractivity contribution is 0.102. The number of aryl methyl sites for hydroxylation is 1. The Hall–Kier alpha value is -3.21. The van der Waals surface area contributed by atoms with E-state index in [4.69, 9.17) is 0 Å². The Balaban J connectivity index is 1.60. The van der Waals surface area contributed by atoms with E-state index in [0.717, 1.165) is 5.69 Å². The second-order valence-corrected chi connectivity index (χ2v) is 5.74. The highest BCUT2D eigenvalue weighted by Crippen LogP contribution is 2.13. The molecule has 0 atom stereocenters. The molecule has 0 spiro atoms. The maximum absolute atomic E-state index is 13.1. The maximum atomic E-state index is 13.1. The van der Waals surface area contributed by atoms with Crippen molar-refractivity contribution in [2.45, 2.75) is 13.5 Å². The summed E-state index contributed by atoms with van der Waals surface area (Å²) in [5.74, 6) is -0.780. The van der Waals surface area contributed by atoms with E-state index in [0.29, 0.717) is 12.2 Å². The van der Waals surface area contributed by atoms with Crippen molar-refractivity contribution in [3.63, 3.8) is 0 Å². The molecular formula is C20H18FN3O. The standard InChI is InChI=1S/C20H18FN3O/c1-14-4-2-5-15(10-14)12-22-18-8-9-19(23-13-18)20(25)24-17-7-3-6-16(21)11-17/h2-11,13,22H,12H2,1H3,(H,24,25). The Morgan fingerprint density at radius 2 is 1.88 bits per heavy atom. The summed E-state index contributed by atoms with van der Waals surface area (Å²) in [6, 6.07) is 17.4. The monoisotopic (exact) mass is 335 g/mol. The van der Waals surface area contributed by atoms with Crippen molar-refractivity contribution >= 4 is 17.3 Å². The van der Waals surface area contributed by atoms with Crippen molar-refractivity contribution in [2.75, 3.05) is 10.6 Å². The highest BCUT2D eigenvalue weighted by Gasteiger charge is 2.08. The molecular weight excluding hydrogens is 317 g/mol. The van der Waals surface area contributed by atoms with Crippen molar-refractivity contribution in [3.05, 3.63) is 89.5 Å². The number of hydrogen-bond acceptors (Lipinski definition) is 3. The number of carbonyl (C=O) groups is 1. The molecule has 2 N–H and O–H groups in total. The molecule has 4 nitrogen and oxygen atoms in total. The Morgan fingerprint density at radius 3 is 2.60 bits per heavy atom. The highest BCUT2D eigenvalue weighted by atomic mass is 19.1. The minimum absolute atomic E-state index is 0.269. The lowest BCUT2D eigenvalue weighted by Crippen LogP contribution is -2.13. The van der Waals surface area contributed by atoms with E-state index in [1.165, 1.54) is 29.3 Å². The summed E-state index contributed by atoms with van der Waals surface area (Å²) in [4.78, 5) is 16.3. The summed E-state index contributed by atoms with van der Waals surface area (Å²) in [5.41, 5.74) is 3.87. The fraction of sp³-hybridized carbons (Fsp3) is 0.100. The lowest BCUT2D eigenvalue weighted by atomic mass is 10.1. The quantitative estimate of drug-likeness (QED) is 0.727. The summed E-state index contributed by atoms with van der Waals surface area (Å²) in [5, 5.41) is 5.89. The van der Waals surface area contributed by atoms with E-state index in [9.17, 15) is 9.18 Å². The summed E-state index contributed by atoms with van der Waals surface area (Å²) >= 11 is 0. The van der Waals surface area contributed by atoms with Crippen molar-refractivity contribution in [1.82, 2.24) is 4.98 Å². The number of nitrogens with zero attached hydrogens (tertiary/aromatic N) is 1. The Kier molecular flexibility index (Phi) is 5.04. The average Bonchev–Trinajstić information content (AvgIpc) is 2.60. The zero-order valence-electron chi connectivity index (χ0n) is 13.8. The molecule has 1 heterocycles. The predicted octanol–water partition coefficient (Wildman–Crippen LogP) is 4.39. The van der Waals surface area contributed by atoms with Crippen LogP contribution < -0.4 is 10.6 Å². The first-order valence-corrected chi connectivity index (χ1v) is 7.92. The van der Waals surface area contributed by atoms with Crippen LogP contribution in [0.2, 0.25) is 0 Å². The second-order valence-electron chi connectivity index (χ2n) is 5.74. The van der Waals surface area contributed by atoms with E-state index in [2.05, 4.69) is 34.7 Å². The molecule has 0 radical (unpaired) electrons. The molecule has 3 aromatic rings. The first kappa shape index (κ1) is 16.6. The molecule has 0 saturated carbocycles. The van der Waals surface area contributed by atoms with Crippen LogP contribution in [0.5, 0.6) is 0 Å². The van der Waals surface area contributed by atoms with E-state index < -0.39 is 5.82 Å². The number of rotatable bonds is 5. The van der Waals surface area contributed by atoms with Gasteiger partial charge in [0.2, 0.25) is 0 Å². The number of anilines is 2. The smallest absolute Gasteiger partial charge is 0.274 e. The first-order chi connectivity index (χ1) is 12.1. The summed E-state index contributed by atoms with van der Waals surface area (Å²) < 4.78 is 13.1. The van der Waals surface area contributed by atoms with Gasteiger partial charge in [-0.25, -0.2) is 9.37 Å². The van der Waals surface area contributed by atoms with E-state index in [-0.39, 0.29) is 11.6 Å². The zero-order chi connectivity index (χ0) is 17.6. The summed E-state index contributed by atoms with van der Waals surface area (Å²) in [6.07, 6.45) is 1.61. The largest absolute Gasteiger partial charge is 0.380 e. The van der Waals surface area contributed by atoms with Gasteiger partial charge in [-0.3, -0.25) is 4.79 Å². The molecule has 0 saturated heterocycles. The maximum Gasteiger partial charge on any atom is 0.274 e. The fourth-order valence-electron chi connectivity index (χ4n) is 2.42. The highest BCUT2D eigenvalue weighted by molar-refractivity contribution is 6.02. The van der Waals surface area contributed by atoms with Crippen LogP contribution in [0, 0.1) is 12.7 Å². The average molecular weight is 335 g/mol. The van der Waals surface area contributed by atoms with Crippen LogP contribution in [-0.2, 0) is 6.54 Å². The van der Waals surface area contributed by atoms with Gasteiger partial charge in [-0.2, -0.15) is 0 Å². The molecule has 3 rings (SSSR count). The van der Waals surface area contributed by atoms with Gasteiger partial charge in [0.15, 0.2) is 0 Å². The van der Waals surface area contributed by atoms with Crippen molar-refractivity contribution in [2.24, 2.45) is 0 Å². The number of hydrogen-bond donors (Lipinski definition) is 2. The van der Waals surface area contributed by atoms with Crippen molar-refractivity contribution in [1.29, 1.82) is 0 Å². The lowest BCUT2D eigenvalue weighted by Gasteiger charge is -2.08. The molecule has 0 aliphatic carbocycles. The Morgan fingerprint density at radius 1 is 1.04 bits per heavy atom. The van der Waals surface area contributed by atoms with Crippen LogP contribution in [0.1, 0.15) is 21.6 Å². The number of carbonyl (C=O) groups excluding carboxylic acids is 1. The van der Waals surface area contributed by atoms with Crippen LogP contribution in [-0.4, -0.2) is 10.9 Å². The van der Waals surface area contributed by atoms with Crippen LogP contribution >= 0.6 is 0 Å². The number of pyridine rings is 1. The molecule has 0 unspecified atom stereocenters. The minimum Gasteiger partial charge on any atom is -0.380 e. The minimum atomic E-state index is -0.401. The predicted molar refractivity (Wildman–Crippen MR) is 97.1 cm³/mol. The van der Waals surface area contributed by atoms with Gasteiger partial charge in [-0.1, -0.05) is 35.9 Å². The van der Waals surface area contributed by atoms with E-state index in [1.807, 2.05) is 12.1 Å². The third kappa shape index (κ3) is 4.64. The van der Waals surface area contributed by atoms with Gasteiger partial charge < -0.3 is 10.6 Å². The van der Waals surface area contributed by atoms with Crippen LogP contribution in [0.25, 0.3) is 0 Å². The Bertz CT molecular complexity index is 878. The van der Waals surface area contributed by atoms with Crippen LogP contribution in [0.4, 0.5) is 15.8 Å².